The maximum atomic E-state index is 13.5. The van der Waals surface area contributed by atoms with Crippen molar-refractivity contribution in [3.05, 3.63) is 40.9 Å². The molecule has 0 atom stereocenters. The maximum absolute atomic E-state index is 13.5. The molecule has 8 heteroatoms. The smallest absolute Gasteiger partial charge is 0.330 e. The van der Waals surface area contributed by atoms with Crippen LogP contribution in [0.15, 0.2) is 24.5 Å². The average Bonchev–Trinajstić information content (AvgIpc) is 2.93. The summed E-state index contributed by atoms with van der Waals surface area (Å²) in [5.41, 5.74) is 0.830. The van der Waals surface area contributed by atoms with Crippen LogP contribution in [0.4, 0.5) is 4.39 Å². The van der Waals surface area contributed by atoms with Crippen LogP contribution in [-0.2, 0) is 9.53 Å². The summed E-state index contributed by atoms with van der Waals surface area (Å²) in [7, 11) is 1.26. The molecule has 0 aliphatic heterocycles. The molecule has 1 heterocycles. The zero-order valence-electron chi connectivity index (χ0n) is 9.75. The minimum atomic E-state index is -0.609. The number of carbonyl (C=O) groups excluding carboxylic acids is 1. The Morgan fingerprint density at radius 2 is 2.32 bits per heavy atom. The van der Waals surface area contributed by atoms with Crippen molar-refractivity contribution in [3.8, 4) is 5.69 Å². The van der Waals surface area contributed by atoms with Crippen molar-refractivity contribution in [2.45, 2.75) is 0 Å². The highest BCUT2D eigenvalue weighted by Crippen LogP contribution is 2.23. The number of ether oxygens (including phenoxy) is 1. The minimum absolute atomic E-state index is 0.0682. The van der Waals surface area contributed by atoms with Gasteiger partial charge in [-0.3, -0.25) is 0 Å². The molecular weight excluding hydrogens is 275 g/mol. The Morgan fingerprint density at radius 1 is 1.53 bits per heavy atom. The second-order valence-corrected chi connectivity index (χ2v) is 3.84. The number of esters is 1. The fourth-order valence-corrected chi connectivity index (χ4v) is 1.55. The van der Waals surface area contributed by atoms with E-state index < -0.39 is 11.8 Å². The second-order valence-electron chi connectivity index (χ2n) is 3.44. The lowest BCUT2D eigenvalue weighted by atomic mass is 10.1. The quantitative estimate of drug-likeness (QED) is 0.632. The number of methoxy groups -OCH3 is 1. The topological polar surface area (TPSA) is 69.9 Å². The van der Waals surface area contributed by atoms with Crippen molar-refractivity contribution in [1.82, 2.24) is 20.2 Å². The molecule has 1 aromatic heterocycles. The number of aromatic nitrogens is 4. The number of hydrogen-bond donors (Lipinski definition) is 0. The van der Waals surface area contributed by atoms with Crippen molar-refractivity contribution >= 4 is 23.6 Å². The summed E-state index contributed by atoms with van der Waals surface area (Å²) in [6.45, 7) is 0. The standard InChI is InChI=1S/C11H8ClFN4O2/c1-19-11(18)3-2-7-4-8(12)9(13)5-10(7)17-6-14-15-16-17/h2-6H,1H3. The lowest BCUT2D eigenvalue weighted by Crippen LogP contribution is -2.00. The SMILES string of the molecule is COC(=O)C=Cc1cc(Cl)c(F)cc1-n1cnnn1. The predicted octanol–water partition coefficient (Wildman–Crippen LogP) is 1.64. The number of nitrogens with zero attached hydrogens (tertiary/aromatic N) is 4. The Labute approximate surface area is 112 Å². The number of rotatable bonds is 3. The molecule has 2 rings (SSSR count). The summed E-state index contributed by atoms with van der Waals surface area (Å²) in [5, 5.41) is 10.5. The van der Waals surface area contributed by atoms with Crippen LogP contribution in [0.3, 0.4) is 0 Å². The van der Waals surface area contributed by atoms with Crippen molar-refractivity contribution < 1.29 is 13.9 Å². The predicted molar refractivity (Wildman–Crippen MR) is 65.2 cm³/mol. The Hall–Kier alpha value is -2.28. The van der Waals surface area contributed by atoms with E-state index in [9.17, 15) is 9.18 Å². The Bertz CT molecular complexity index is 628. The van der Waals surface area contributed by atoms with Crippen molar-refractivity contribution in [3.63, 3.8) is 0 Å². The molecular formula is C11H8ClFN4O2. The van der Waals surface area contributed by atoms with E-state index in [0.717, 1.165) is 0 Å². The van der Waals surface area contributed by atoms with Crippen LogP contribution >= 0.6 is 11.6 Å². The first-order chi connectivity index (χ1) is 9.11. The number of hydrogen-bond acceptors (Lipinski definition) is 5. The molecule has 0 amide bonds. The fraction of sp³-hybridized carbons (Fsp3) is 0.0909. The van der Waals surface area contributed by atoms with E-state index >= 15 is 0 Å². The first-order valence-electron chi connectivity index (χ1n) is 5.10. The van der Waals surface area contributed by atoms with Gasteiger partial charge in [-0.25, -0.2) is 9.18 Å². The molecule has 0 bridgehead atoms. The fourth-order valence-electron chi connectivity index (χ4n) is 1.38. The molecule has 98 valence electrons. The zero-order chi connectivity index (χ0) is 13.8. The van der Waals surface area contributed by atoms with Crippen LogP contribution < -0.4 is 0 Å². The van der Waals surface area contributed by atoms with Gasteiger partial charge in [0.05, 0.1) is 17.8 Å². The highest BCUT2D eigenvalue weighted by Gasteiger charge is 2.10. The summed E-state index contributed by atoms with van der Waals surface area (Å²) in [6, 6.07) is 2.54. The van der Waals surface area contributed by atoms with Crippen molar-refractivity contribution in [2.24, 2.45) is 0 Å². The molecule has 1 aromatic carbocycles. The largest absolute Gasteiger partial charge is 0.466 e. The molecule has 0 aliphatic rings. The molecule has 0 saturated carbocycles. The van der Waals surface area contributed by atoms with Gasteiger partial charge in [0.15, 0.2) is 0 Å². The van der Waals surface area contributed by atoms with Crippen molar-refractivity contribution in [2.75, 3.05) is 7.11 Å². The third-order valence-corrected chi connectivity index (χ3v) is 2.56. The molecule has 0 unspecified atom stereocenters. The summed E-state index contributed by atoms with van der Waals surface area (Å²) in [4.78, 5) is 11.1. The van der Waals surface area contributed by atoms with E-state index in [0.29, 0.717) is 11.3 Å². The zero-order valence-corrected chi connectivity index (χ0v) is 10.5. The summed E-state index contributed by atoms with van der Waals surface area (Å²) in [5.74, 6) is -1.15. The Kier molecular flexibility index (Phi) is 3.86. The van der Waals surface area contributed by atoms with Gasteiger partial charge in [-0.2, -0.15) is 4.68 Å². The average molecular weight is 283 g/mol. The minimum Gasteiger partial charge on any atom is -0.466 e. The Balaban J connectivity index is 2.49. The van der Waals surface area contributed by atoms with E-state index in [1.54, 1.807) is 0 Å². The molecule has 0 spiro atoms. The molecule has 6 nitrogen and oxygen atoms in total. The molecule has 2 aromatic rings. The van der Waals surface area contributed by atoms with Gasteiger partial charge < -0.3 is 4.74 Å². The van der Waals surface area contributed by atoms with Gasteiger partial charge in [-0.1, -0.05) is 11.6 Å². The van der Waals surface area contributed by atoms with Crippen molar-refractivity contribution in [1.29, 1.82) is 0 Å². The van der Waals surface area contributed by atoms with E-state index in [4.69, 9.17) is 11.6 Å². The molecule has 0 radical (unpaired) electrons. The van der Waals surface area contributed by atoms with Gasteiger partial charge in [-0.15, -0.1) is 5.10 Å². The third-order valence-electron chi connectivity index (χ3n) is 2.27. The number of benzene rings is 1. The molecule has 0 saturated heterocycles. The Morgan fingerprint density at radius 3 is 2.95 bits per heavy atom. The van der Waals surface area contributed by atoms with Gasteiger partial charge in [0, 0.05) is 17.7 Å². The van der Waals surface area contributed by atoms with E-state index in [-0.39, 0.29) is 5.02 Å². The first kappa shape index (κ1) is 13.2. The molecule has 0 fully saturated rings. The number of carbonyl (C=O) groups is 1. The highest BCUT2D eigenvalue weighted by atomic mass is 35.5. The van der Waals surface area contributed by atoms with Crippen LogP contribution in [0, 0.1) is 5.82 Å². The second kappa shape index (κ2) is 5.57. The lowest BCUT2D eigenvalue weighted by molar-refractivity contribution is -0.134. The number of halogens is 2. The van der Waals surface area contributed by atoms with Crippen LogP contribution in [0.1, 0.15) is 5.56 Å². The molecule has 0 aliphatic carbocycles. The summed E-state index contributed by atoms with van der Waals surface area (Å²) < 4.78 is 19.2. The summed E-state index contributed by atoms with van der Waals surface area (Å²) in [6.07, 6.45) is 3.93. The summed E-state index contributed by atoms with van der Waals surface area (Å²) >= 11 is 5.71. The van der Waals surface area contributed by atoms with Gasteiger partial charge in [0.25, 0.3) is 0 Å². The highest BCUT2D eigenvalue weighted by molar-refractivity contribution is 6.31. The van der Waals surface area contributed by atoms with Gasteiger partial charge in [0.1, 0.15) is 12.1 Å². The maximum Gasteiger partial charge on any atom is 0.330 e. The third kappa shape index (κ3) is 2.94. The van der Waals surface area contributed by atoms with Crippen LogP contribution in [0.2, 0.25) is 5.02 Å². The monoisotopic (exact) mass is 282 g/mol. The van der Waals surface area contributed by atoms with Crippen LogP contribution in [-0.4, -0.2) is 33.3 Å². The normalized spacial score (nSPS) is 10.9. The lowest BCUT2D eigenvalue weighted by Gasteiger charge is -2.06. The van der Waals surface area contributed by atoms with E-state index in [2.05, 4.69) is 20.3 Å². The molecule has 19 heavy (non-hydrogen) atoms. The van der Waals surface area contributed by atoms with E-state index in [1.165, 1.54) is 42.4 Å². The van der Waals surface area contributed by atoms with Crippen LogP contribution in [0.5, 0.6) is 0 Å². The van der Waals surface area contributed by atoms with E-state index in [1.807, 2.05) is 0 Å². The van der Waals surface area contributed by atoms with Gasteiger partial charge in [0.2, 0.25) is 0 Å². The molecule has 0 N–H and O–H groups in total. The van der Waals surface area contributed by atoms with Crippen LogP contribution in [0.25, 0.3) is 11.8 Å². The van der Waals surface area contributed by atoms with Gasteiger partial charge >= 0.3 is 5.97 Å². The first-order valence-corrected chi connectivity index (χ1v) is 5.48. The van der Waals surface area contributed by atoms with Gasteiger partial charge in [-0.05, 0) is 22.6 Å². The number of tetrazole rings is 1.